The highest BCUT2D eigenvalue weighted by atomic mass is 79.9. The van der Waals surface area contributed by atoms with Crippen LogP contribution in [0.25, 0.3) is 22.0 Å². The van der Waals surface area contributed by atoms with Gasteiger partial charge in [-0.1, -0.05) is 46.3 Å². The highest BCUT2D eigenvalue weighted by molar-refractivity contribution is 9.10. The fourth-order valence-corrected chi connectivity index (χ4v) is 5.69. The normalized spacial score (nSPS) is 14.6. The van der Waals surface area contributed by atoms with E-state index in [4.69, 9.17) is 23.7 Å². The highest BCUT2D eigenvalue weighted by Crippen LogP contribution is 2.41. The zero-order valence-corrected chi connectivity index (χ0v) is 24.6. The van der Waals surface area contributed by atoms with Crippen LogP contribution in [0.4, 0.5) is 0 Å². The number of nitrogens with zero attached hydrogens (tertiary/aromatic N) is 2. The molecule has 0 saturated carbocycles. The summed E-state index contributed by atoms with van der Waals surface area (Å²) in [5.74, 6) is 1.15. The molecule has 2 aromatic heterocycles. The van der Waals surface area contributed by atoms with Gasteiger partial charge in [-0.15, -0.1) is 0 Å². The third kappa shape index (κ3) is 4.73. The topological polar surface area (TPSA) is 106 Å². The molecular weight excluding hydrogens is 602 g/mol. The number of aromatic nitrogens is 1. The summed E-state index contributed by atoms with van der Waals surface area (Å²) in [5.41, 5.74) is 3.09. The zero-order chi connectivity index (χ0) is 29.4. The molecule has 0 saturated heterocycles. The van der Waals surface area contributed by atoms with Crippen LogP contribution < -0.4 is 19.8 Å². The van der Waals surface area contributed by atoms with Gasteiger partial charge in [0.15, 0.2) is 11.5 Å². The summed E-state index contributed by atoms with van der Waals surface area (Å²) in [4.78, 5) is 30.9. The number of H-pyrrole nitrogens is 1. The molecule has 0 bridgehead atoms. The maximum Gasteiger partial charge on any atom is 0.274 e. The largest absolute Gasteiger partial charge is 0.493 e. The molecule has 0 fully saturated rings. The molecule has 1 aliphatic heterocycles. The van der Waals surface area contributed by atoms with Gasteiger partial charge in [0.1, 0.15) is 11.8 Å². The van der Waals surface area contributed by atoms with Crippen molar-refractivity contribution in [3.63, 3.8) is 0 Å². The first kappa shape index (κ1) is 27.3. The molecule has 0 spiro atoms. The van der Waals surface area contributed by atoms with Crippen LogP contribution in [0.3, 0.4) is 0 Å². The van der Waals surface area contributed by atoms with Crippen molar-refractivity contribution < 1.29 is 23.4 Å². The van der Waals surface area contributed by atoms with Crippen LogP contribution in [0.2, 0.25) is 0 Å². The minimum absolute atomic E-state index is 0.256. The van der Waals surface area contributed by atoms with Gasteiger partial charge in [0.05, 0.1) is 38.9 Å². The predicted molar refractivity (Wildman–Crippen MR) is 163 cm³/mol. The molecule has 1 amide bonds. The summed E-state index contributed by atoms with van der Waals surface area (Å²) in [6, 6.07) is 21.5. The Bertz CT molecular complexity index is 1860. The number of ether oxygens (including phenoxy) is 3. The van der Waals surface area contributed by atoms with Crippen molar-refractivity contribution in [3.05, 3.63) is 111 Å². The van der Waals surface area contributed by atoms with Crippen molar-refractivity contribution >= 4 is 38.5 Å². The number of furan rings is 1. The van der Waals surface area contributed by atoms with Crippen molar-refractivity contribution in [2.24, 2.45) is 5.10 Å². The van der Waals surface area contributed by atoms with E-state index in [1.165, 1.54) is 26.3 Å². The van der Waals surface area contributed by atoms with Crippen LogP contribution in [0, 0.1) is 0 Å². The lowest BCUT2D eigenvalue weighted by molar-refractivity contribution is 0.0692. The van der Waals surface area contributed by atoms with Crippen LogP contribution in [0.15, 0.2) is 97.8 Å². The predicted octanol–water partition coefficient (Wildman–Crippen LogP) is 6.57. The molecule has 212 valence electrons. The second-order valence-corrected chi connectivity index (χ2v) is 10.5. The van der Waals surface area contributed by atoms with E-state index in [-0.39, 0.29) is 17.5 Å². The molecule has 10 heteroatoms. The monoisotopic (exact) mass is 627 g/mol. The summed E-state index contributed by atoms with van der Waals surface area (Å²) in [6.07, 6.45) is 1.80. The average Bonchev–Trinajstić information content (AvgIpc) is 3.70. The van der Waals surface area contributed by atoms with Gasteiger partial charge in [-0.05, 0) is 48.0 Å². The molecule has 0 aliphatic carbocycles. The second-order valence-electron chi connectivity index (χ2n) is 9.61. The average molecular weight is 628 g/mol. The Hall–Kier alpha value is -4.83. The molecule has 1 N–H and O–H groups in total. The smallest absolute Gasteiger partial charge is 0.274 e. The van der Waals surface area contributed by atoms with Crippen LogP contribution in [0.1, 0.15) is 34.1 Å². The van der Waals surface area contributed by atoms with E-state index in [0.717, 1.165) is 21.0 Å². The number of carbonyl (C=O) groups is 1. The maximum absolute atomic E-state index is 14.1. The summed E-state index contributed by atoms with van der Waals surface area (Å²) >= 11 is 3.57. The fraction of sp³-hybridized carbons (Fsp3) is 0.156. The summed E-state index contributed by atoms with van der Waals surface area (Å²) in [7, 11) is 4.47. The van der Waals surface area contributed by atoms with Gasteiger partial charge in [-0.3, -0.25) is 9.59 Å². The number of amides is 1. The second kappa shape index (κ2) is 11.2. The maximum atomic E-state index is 14.1. The number of pyridine rings is 1. The number of aromatic amines is 1. The van der Waals surface area contributed by atoms with Gasteiger partial charge in [0, 0.05) is 32.9 Å². The minimum atomic E-state index is -0.595. The minimum Gasteiger partial charge on any atom is -0.493 e. The number of fused-ring (bicyclic) bond motifs is 1. The third-order valence-electron chi connectivity index (χ3n) is 7.23. The molecule has 0 radical (unpaired) electrons. The van der Waals surface area contributed by atoms with E-state index < -0.39 is 11.9 Å². The molecule has 3 heterocycles. The first-order chi connectivity index (χ1) is 20.4. The molecule has 1 atom stereocenters. The number of methoxy groups -OCH3 is 3. The number of carbonyl (C=O) groups excluding carboxylic acids is 1. The van der Waals surface area contributed by atoms with E-state index in [0.29, 0.717) is 39.8 Å². The number of benzene rings is 3. The van der Waals surface area contributed by atoms with Crippen molar-refractivity contribution in [2.45, 2.75) is 12.5 Å². The fourth-order valence-electron chi connectivity index (χ4n) is 5.33. The molecule has 42 heavy (non-hydrogen) atoms. The Morgan fingerprint density at radius 3 is 2.33 bits per heavy atom. The molecule has 5 aromatic rings. The van der Waals surface area contributed by atoms with Crippen molar-refractivity contribution in [3.8, 4) is 28.4 Å². The molecule has 6 rings (SSSR count). The number of rotatable bonds is 7. The number of nitrogens with one attached hydrogen (secondary N) is 1. The Labute approximate surface area is 249 Å². The Morgan fingerprint density at radius 2 is 1.69 bits per heavy atom. The van der Waals surface area contributed by atoms with Crippen LogP contribution >= 0.6 is 15.9 Å². The van der Waals surface area contributed by atoms with Crippen molar-refractivity contribution in [2.75, 3.05) is 21.3 Å². The van der Waals surface area contributed by atoms with Crippen molar-refractivity contribution in [1.82, 2.24) is 9.99 Å². The Kier molecular flexibility index (Phi) is 7.30. The third-order valence-corrected chi connectivity index (χ3v) is 7.72. The first-order valence-corrected chi connectivity index (χ1v) is 13.9. The molecule has 0 unspecified atom stereocenters. The van der Waals surface area contributed by atoms with Gasteiger partial charge in [0.25, 0.3) is 11.5 Å². The molecule has 3 aromatic carbocycles. The first-order valence-electron chi connectivity index (χ1n) is 13.1. The number of hydrogen-bond acceptors (Lipinski definition) is 7. The lowest BCUT2D eigenvalue weighted by Gasteiger charge is -2.21. The number of hydrazone groups is 1. The zero-order valence-electron chi connectivity index (χ0n) is 23.0. The van der Waals surface area contributed by atoms with Gasteiger partial charge < -0.3 is 23.6 Å². The Morgan fingerprint density at radius 1 is 0.952 bits per heavy atom. The van der Waals surface area contributed by atoms with Gasteiger partial charge in [-0.2, -0.15) is 5.10 Å². The summed E-state index contributed by atoms with van der Waals surface area (Å²) in [6.45, 7) is 0. The lowest BCUT2D eigenvalue weighted by atomic mass is 9.92. The highest BCUT2D eigenvalue weighted by Gasteiger charge is 2.38. The van der Waals surface area contributed by atoms with Crippen LogP contribution in [-0.2, 0) is 0 Å². The quantitative estimate of drug-likeness (QED) is 0.219. The summed E-state index contributed by atoms with van der Waals surface area (Å²) < 4.78 is 23.0. The number of halogens is 1. The van der Waals surface area contributed by atoms with Gasteiger partial charge in [0.2, 0.25) is 5.75 Å². The molecule has 1 aliphatic rings. The van der Waals surface area contributed by atoms with E-state index in [1.54, 1.807) is 30.5 Å². The van der Waals surface area contributed by atoms with E-state index in [9.17, 15) is 9.59 Å². The van der Waals surface area contributed by atoms with Crippen LogP contribution in [0.5, 0.6) is 17.2 Å². The van der Waals surface area contributed by atoms with Gasteiger partial charge >= 0.3 is 0 Å². The van der Waals surface area contributed by atoms with E-state index in [1.807, 2.05) is 48.5 Å². The SMILES string of the molecule is COc1cc(C(=O)N2N=C(c3c(-c4ccccc4)c4cc(Br)ccc4[nH]c3=O)C[C@@H]2c2ccco2)cc(OC)c1OC. The number of hydrogen-bond donors (Lipinski definition) is 1. The van der Waals surface area contributed by atoms with Crippen LogP contribution in [-0.4, -0.2) is 42.9 Å². The van der Waals surface area contributed by atoms with Crippen molar-refractivity contribution in [1.29, 1.82) is 0 Å². The molecule has 9 nitrogen and oxygen atoms in total. The standard InChI is InChI=1S/C32H26BrN3O6/c1-39-26-14-19(15-27(40-2)30(26)41-3)32(38)36-24(25-10-7-13-42-25)17-23(35-36)29-28(18-8-5-4-6-9-18)21-16-20(33)11-12-22(21)34-31(29)37/h4-16,24H,17H2,1-3H3,(H,34,37)/t24-/m1/s1. The van der Waals surface area contributed by atoms with Gasteiger partial charge in [-0.25, -0.2) is 5.01 Å². The lowest BCUT2D eigenvalue weighted by Crippen LogP contribution is -2.27. The molecular formula is C32H26BrN3O6. The van der Waals surface area contributed by atoms with E-state index >= 15 is 0 Å². The van der Waals surface area contributed by atoms with E-state index in [2.05, 4.69) is 20.9 Å². The Balaban J connectivity index is 1.55. The summed E-state index contributed by atoms with van der Waals surface area (Å²) in [5, 5.41) is 7.00.